The summed E-state index contributed by atoms with van der Waals surface area (Å²) in [6.45, 7) is 4.97. The van der Waals surface area contributed by atoms with Crippen molar-refractivity contribution in [3.8, 4) is 0 Å². The summed E-state index contributed by atoms with van der Waals surface area (Å²) >= 11 is 6.08. The van der Waals surface area contributed by atoms with Crippen LogP contribution in [-0.2, 0) is 6.54 Å². The molecule has 3 heteroatoms. The molecule has 0 saturated carbocycles. The van der Waals surface area contributed by atoms with Gasteiger partial charge in [0.15, 0.2) is 0 Å². The summed E-state index contributed by atoms with van der Waals surface area (Å²) in [5.74, 6) is 0.954. The van der Waals surface area contributed by atoms with Gasteiger partial charge in [0, 0.05) is 6.54 Å². The van der Waals surface area contributed by atoms with Crippen LogP contribution < -0.4 is 0 Å². The van der Waals surface area contributed by atoms with Gasteiger partial charge in [-0.15, -0.1) is 11.6 Å². The first kappa shape index (κ1) is 9.53. The van der Waals surface area contributed by atoms with Gasteiger partial charge in [-0.05, 0) is 26.0 Å². The molecular weight excluding hydrogens is 196 g/mol. The second kappa shape index (κ2) is 3.62. The van der Waals surface area contributed by atoms with Crippen LogP contribution in [0.5, 0.6) is 0 Å². The fourth-order valence-electron chi connectivity index (χ4n) is 1.73. The molecule has 1 aromatic carbocycles. The quantitative estimate of drug-likeness (QED) is 0.692. The van der Waals surface area contributed by atoms with Crippen molar-refractivity contribution in [3.05, 3.63) is 30.1 Å². The Morgan fingerprint density at radius 1 is 1.43 bits per heavy atom. The van der Waals surface area contributed by atoms with E-state index in [4.69, 9.17) is 11.6 Å². The average molecular weight is 209 g/mol. The summed E-state index contributed by atoms with van der Waals surface area (Å²) in [7, 11) is 0. The standard InChI is InChI=1S/C11H13ClN2/c1-3-14-10-7-5-4-6-9(10)13-11(14)8(2)12/h4-8H,3H2,1-2H3/t8-/m1/s1. The SMILES string of the molecule is CCn1c([C@@H](C)Cl)nc2ccccc21. The Morgan fingerprint density at radius 2 is 2.14 bits per heavy atom. The fourth-order valence-corrected chi connectivity index (χ4v) is 1.90. The van der Waals surface area contributed by atoms with Crippen LogP contribution in [0.25, 0.3) is 11.0 Å². The van der Waals surface area contributed by atoms with E-state index in [9.17, 15) is 0 Å². The molecule has 74 valence electrons. The molecule has 0 fully saturated rings. The molecule has 0 aliphatic heterocycles. The second-order valence-electron chi connectivity index (χ2n) is 3.32. The molecule has 0 amide bonds. The number of halogens is 1. The van der Waals surface area contributed by atoms with Crippen molar-refractivity contribution in [1.29, 1.82) is 0 Å². The number of nitrogens with zero attached hydrogens (tertiary/aromatic N) is 2. The molecule has 0 saturated heterocycles. The molecule has 0 radical (unpaired) electrons. The third kappa shape index (κ3) is 1.40. The number of alkyl halides is 1. The zero-order valence-electron chi connectivity index (χ0n) is 8.37. The average Bonchev–Trinajstić information content (AvgIpc) is 2.56. The minimum atomic E-state index is -0.0395. The highest BCUT2D eigenvalue weighted by molar-refractivity contribution is 6.20. The molecule has 2 rings (SSSR count). The fraction of sp³-hybridized carbons (Fsp3) is 0.364. The van der Waals surface area contributed by atoms with Crippen LogP contribution in [0.15, 0.2) is 24.3 Å². The largest absolute Gasteiger partial charge is 0.327 e. The molecular formula is C11H13ClN2. The minimum absolute atomic E-state index is 0.0395. The van der Waals surface area contributed by atoms with Crippen LogP contribution in [0.2, 0.25) is 0 Å². The third-order valence-corrected chi connectivity index (χ3v) is 2.55. The number of hydrogen-bond donors (Lipinski definition) is 0. The van der Waals surface area contributed by atoms with Gasteiger partial charge in [0.1, 0.15) is 5.82 Å². The maximum absolute atomic E-state index is 6.08. The lowest BCUT2D eigenvalue weighted by Gasteiger charge is -2.06. The van der Waals surface area contributed by atoms with Crippen LogP contribution in [-0.4, -0.2) is 9.55 Å². The predicted molar refractivity (Wildman–Crippen MR) is 59.7 cm³/mol. The van der Waals surface area contributed by atoms with E-state index in [2.05, 4.69) is 22.5 Å². The maximum Gasteiger partial charge on any atom is 0.127 e. The first-order chi connectivity index (χ1) is 6.74. The van der Waals surface area contributed by atoms with E-state index in [0.717, 1.165) is 23.4 Å². The number of rotatable bonds is 2. The molecule has 0 spiro atoms. The number of imidazole rings is 1. The van der Waals surface area contributed by atoms with E-state index in [1.54, 1.807) is 0 Å². The van der Waals surface area contributed by atoms with E-state index in [1.807, 2.05) is 25.1 Å². The van der Waals surface area contributed by atoms with Gasteiger partial charge in [0.2, 0.25) is 0 Å². The van der Waals surface area contributed by atoms with Crippen LogP contribution in [0.1, 0.15) is 25.0 Å². The summed E-state index contributed by atoms with van der Waals surface area (Å²) in [6, 6.07) is 8.12. The summed E-state index contributed by atoms with van der Waals surface area (Å²) < 4.78 is 2.16. The first-order valence-electron chi connectivity index (χ1n) is 4.83. The number of fused-ring (bicyclic) bond motifs is 1. The Bertz CT molecular complexity index is 445. The highest BCUT2D eigenvalue weighted by Crippen LogP contribution is 2.23. The molecule has 2 aromatic rings. The lowest BCUT2D eigenvalue weighted by Crippen LogP contribution is -2.01. The highest BCUT2D eigenvalue weighted by atomic mass is 35.5. The first-order valence-corrected chi connectivity index (χ1v) is 5.27. The highest BCUT2D eigenvalue weighted by Gasteiger charge is 2.12. The number of aromatic nitrogens is 2. The van der Waals surface area contributed by atoms with Crippen molar-refractivity contribution in [2.45, 2.75) is 25.8 Å². The molecule has 2 nitrogen and oxygen atoms in total. The number of aryl methyl sites for hydroxylation is 1. The van der Waals surface area contributed by atoms with Crippen LogP contribution >= 0.6 is 11.6 Å². The summed E-state index contributed by atoms with van der Waals surface area (Å²) in [5.41, 5.74) is 2.19. The van der Waals surface area contributed by atoms with Crippen molar-refractivity contribution < 1.29 is 0 Å². The molecule has 1 atom stereocenters. The van der Waals surface area contributed by atoms with Crippen molar-refractivity contribution in [3.63, 3.8) is 0 Å². The molecule has 0 unspecified atom stereocenters. The predicted octanol–water partition coefficient (Wildman–Crippen LogP) is 3.36. The minimum Gasteiger partial charge on any atom is -0.327 e. The monoisotopic (exact) mass is 208 g/mol. The molecule has 0 aliphatic carbocycles. The maximum atomic E-state index is 6.08. The molecule has 0 bridgehead atoms. The third-order valence-electron chi connectivity index (χ3n) is 2.36. The smallest absolute Gasteiger partial charge is 0.127 e. The van der Waals surface area contributed by atoms with Crippen molar-refractivity contribution in [2.24, 2.45) is 0 Å². The van der Waals surface area contributed by atoms with E-state index >= 15 is 0 Å². The van der Waals surface area contributed by atoms with Crippen molar-refractivity contribution >= 4 is 22.6 Å². The number of benzene rings is 1. The molecule has 1 aromatic heterocycles. The van der Waals surface area contributed by atoms with Crippen LogP contribution in [0.4, 0.5) is 0 Å². The Hall–Kier alpha value is -1.02. The van der Waals surface area contributed by atoms with E-state index in [-0.39, 0.29) is 5.38 Å². The Labute approximate surface area is 88.5 Å². The summed E-state index contributed by atoms with van der Waals surface area (Å²) in [4.78, 5) is 4.51. The molecule has 0 N–H and O–H groups in total. The van der Waals surface area contributed by atoms with E-state index < -0.39 is 0 Å². The topological polar surface area (TPSA) is 17.8 Å². The van der Waals surface area contributed by atoms with Crippen LogP contribution in [0.3, 0.4) is 0 Å². The zero-order chi connectivity index (χ0) is 10.1. The van der Waals surface area contributed by atoms with Gasteiger partial charge in [0.25, 0.3) is 0 Å². The van der Waals surface area contributed by atoms with Crippen molar-refractivity contribution in [1.82, 2.24) is 9.55 Å². The summed E-state index contributed by atoms with van der Waals surface area (Å²) in [5, 5.41) is -0.0395. The van der Waals surface area contributed by atoms with Gasteiger partial charge >= 0.3 is 0 Å². The Morgan fingerprint density at radius 3 is 2.79 bits per heavy atom. The van der Waals surface area contributed by atoms with E-state index in [1.165, 1.54) is 0 Å². The van der Waals surface area contributed by atoms with Gasteiger partial charge in [-0.25, -0.2) is 4.98 Å². The van der Waals surface area contributed by atoms with Gasteiger partial charge < -0.3 is 4.57 Å². The summed E-state index contributed by atoms with van der Waals surface area (Å²) in [6.07, 6.45) is 0. The zero-order valence-corrected chi connectivity index (χ0v) is 9.12. The lowest BCUT2D eigenvalue weighted by molar-refractivity contribution is 0.717. The Balaban J connectivity index is 2.72. The number of para-hydroxylation sites is 2. The van der Waals surface area contributed by atoms with E-state index in [0.29, 0.717) is 0 Å². The van der Waals surface area contributed by atoms with Gasteiger partial charge in [-0.3, -0.25) is 0 Å². The molecule has 0 aliphatic rings. The van der Waals surface area contributed by atoms with Gasteiger partial charge in [0.05, 0.1) is 16.4 Å². The van der Waals surface area contributed by atoms with Gasteiger partial charge in [-0.2, -0.15) is 0 Å². The molecule has 1 heterocycles. The second-order valence-corrected chi connectivity index (χ2v) is 3.97. The van der Waals surface area contributed by atoms with Crippen LogP contribution in [0, 0.1) is 0 Å². The van der Waals surface area contributed by atoms with Crippen molar-refractivity contribution in [2.75, 3.05) is 0 Å². The Kier molecular flexibility index (Phi) is 2.46. The molecule has 14 heavy (non-hydrogen) atoms. The lowest BCUT2D eigenvalue weighted by atomic mass is 10.3. The van der Waals surface area contributed by atoms with Gasteiger partial charge in [-0.1, -0.05) is 12.1 Å². The number of hydrogen-bond acceptors (Lipinski definition) is 1. The normalized spacial score (nSPS) is 13.4.